The molecule has 0 spiro atoms. The van der Waals surface area contributed by atoms with Gasteiger partial charge in [0.15, 0.2) is 0 Å². The van der Waals surface area contributed by atoms with E-state index in [-0.39, 0.29) is 0 Å². The lowest BCUT2D eigenvalue weighted by Crippen LogP contribution is -2.49. The first-order chi connectivity index (χ1) is 9.42. The quantitative estimate of drug-likeness (QED) is 0.798. The Kier molecular flexibility index (Phi) is 4.68. The number of halogens is 1. The first kappa shape index (κ1) is 15.3. The molecule has 1 aliphatic rings. The Morgan fingerprint density at radius 1 is 1.30 bits per heavy atom. The van der Waals surface area contributed by atoms with Crippen molar-refractivity contribution in [1.82, 2.24) is 5.32 Å². The lowest BCUT2D eigenvalue weighted by Gasteiger charge is -2.26. The van der Waals surface area contributed by atoms with E-state index < -0.39 is 23.7 Å². The summed E-state index contributed by atoms with van der Waals surface area (Å²) in [6, 6.07) is 6.35. The van der Waals surface area contributed by atoms with Crippen LogP contribution in [-0.2, 0) is 4.79 Å². The maximum Gasteiger partial charge on any atom is 0.252 e. The molecule has 2 unspecified atom stereocenters. The molecule has 0 heterocycles. The summed E-state index contributed by atoms with van der Waals surface area (Å²) in [6.45, 7) is 1.72. The Labute approximate surface area is 123 Å². The minimum atomic E-state index is -1.27. The number of aliphatic hydroxyl groups is 2. The summed E-state index contributed by atoms with van der Waals surface area (Å²) in [6.07, 6.45) is 1.86. The topological polar surface area (TPSA) is 69.6 Å². The van der Waals surface area contributed by atoms with Gasteiger partial charge in [-0.3, -0.25) is 4.79 Å². The van der Waals surface area contributed by atoms with E-state index in [2.05, 4.69) is 5.32 Å². The maximum absolute atomic E-state index is 12.1. The SMILES string of the molecule is CC(NC(=O)C1(O)CCCC1)C(O)c1ccc(Cl)cc1. The molecular weight excluding hydrogens is 278 g/mol. The van der Waals surface area contributed by atoms with Crippen molar-refractivity contribution in [3.05, 3.63) is 34.9 Å². The first-order valence-corrected chi connectivity index (χ1v) is 7.27. The fraction of sp³-hybridized carbons (Fsp3) is 0.533. The maximum atomic E-state index is 12.1. The predicted molar refractivity (Wildman–Crippen MR) is 77.4 cm³/mol. The van der Waals surface area contributed by atoms with Crippen LogP contribution in [0.2, 0.25) is 5.02 Å². The minimum absolute atomic E-state index is 0.393. The van der Waals surface area contributed by atoms with Crippen LogP contribution in [0.25, 0.3) is 0 Å². The van der Waals surface area contributed by atoms with Crippen LogP contribution in [0.15, 0.2) is 24.3 Å². The fourth-order valence-electron chi connectivity index (χ4n) is 2.56. The Bertz CT molecular complexity index is 469. The number of carbonyl (C=O) groups is 1. The van der Waals surface area contributed by atoms with Crippen molar-refractivity contribution >= 4 is 17.5 Å². The molecule has 0 saturated heterocycles. The van der Waals surface area contributed by atoms with Gasteiger partial charge < -0.3 is 15.5 Å². The van der Waals surface area contributed by atoms with Crippen molar-refractivity contribution in [2.75, 3.05) is 0 Å². The number of benzene rings is 1. The van der Waals surface area contributed by atoms with E-state index >= 15 is 0 Å². The van der Waals surface area contributed by atoms with Gasteiger partial charge in [0.25, 0.3) is 5.91 Å². The number of amides is 1. The number of carbonyl (C=O) groups excluding carboxylic acids is 1. The lowest BCUT2D eigenvalue weighted by atomic mass is 9.99. The van der Waals surface area contributed by atoms with E-state index in [4.69, 9.17) is 11.6 Å². The third kappa shape index (κ3) is 3.32. The standard InChI is InChI=1S/C15H20ClNO3/c1-10(13(18)11-4-6-12(16)7-5-11)17-14(19)15(20)8-2-3-9-15/h4-7,10,13,18,20H,2-3,8-9H2,1H3,(H,17,19). The molecule has 2 atom stereocenters. The van der Waals surface area contributed by atoms with Crippen molar-refractivity contribution in [2.24, 2.45) is 0 Å². The largest absolute Gasteiger partial charge is 0.386 e. The van der Waals surface area contributed by atoms with E-state index in [0.29, 0.717) is 23.4 Å². The zero-order valence-corrected chi connectivity index (χ0v) is 12.2. The molecule has 20 heavy (non-hydrogen) atoms. The summed E-state index contributed by atoms with van der Waals surface area (Å²) in [5.74, 6) is -0.393. The van der Waals surface area contributed by atoms with Gasteiger partial charge >= 0.3 is 0 Å². The molecule has 1 aromatic rings. The summed E-state index contributed by atoms with van der Waals surface area (Å²) in [4.78, 5) is 12.1. The summed E-state index contributed by atoms with van der Waals surface area (Å²) in [5, 5.41) is 23.7. The van der Waals surface area contributed by atoms with Crippen LogP contribution in [-0.4, -0.2) is 27.8 Å². The predicted octanol–water partition coefficient (Wildman–Crippen LogP) is 2.18. The molecule has 1 fully saturated rings. The monoisotopic (exact) mass is 297 g/mol. The molecule has 3 N–H and O–H groups in total. The second-order valence-corrected chi connectivity index (χ2v) is 5.93. The average Bonchev–Trinajstić information content (AvgIpc) is 2.87. The van der Waals surface area contributed by atoms with Crippen molar-refractivity contribution in [3.8, 4) is 0 Å². The normalized spacial score (nSPS) is 20.4. The number of rotatable bonds is 4. The van der Waals surface area contributed by atoms with Crippen LogP contribution in [0.4, 0.5) is 0 Å². The Morgan fingerprint density at radius 3 is 2.40 bits per heavy atom. The Balaban J connectivity index is 1.98. The van der Waals surface area contributed by atoms with E-state index in [9.17, 15) is 15.0 Å². The average molecular weight is 298 g/mol. The highest BCUT2D eigenvalue weighted by molar-refractivity contribution is 6.30. The van der Waals surface area contributed by atoms with Crippen molar-refractivity contribution in [2.45, 2.75) is 50.4 Å². The third-order valence-corrected chi connectivity index (χ3v) is 4.15. The molecule has 0 aliphatic heterocycles. The molecule has 0 aromatic heterocycles. The molecule has 1 amide bonds. The van der Waals surface area contributed by atoms with Gasteiger partial charge in [-0.1, -0.05) is 23.7 Å². The van der Waals surface area contributed by atoms with Gasteiger partial charge in [0, 0.05) is 5.02 Å². The molecule has 0 bridgehead atoms. The van der Waals surface area contributed by atoms with Gasteiger partial charge in [0.05, 0.1) is 12.1 Å². The summed E-state index contributed by atoms with van der Waals surface area (Å²) < 4.78 is 0. The van der Waals surface area contributed by atoms with Crippen LogP contribution in [0.3, 0.4) is 0 Å². The number of hydrogen-bond acceptors (Lipinski definition) is 3. The zero-order valence-electron chi connectivity index (χ0n) is 11.5. The van der Waals surface area contributed by atoms with Crippen LogP contribution < -0.4 is 5.32 Å². The van der Waals surface area contributed by atoms with Gasteiger partial charge in [-0.25, -0.2) is 0 Å². The van der Waals surface area contributed by atoms with Crippen molar-refractivity contribution in [1.29, 1.82) is 0 Å². The Hall–Kier alpha value is -1.10. The Morgan fingerprint density at radius 2 is 1.85 bits per heavy atom. The van der Waals surface area contributed by atoms with Crippen LogP contribution in [0, 0.1) is 0 Å². The van der Waals surface area contributed by atoms with Gasteiger partial charge in [0.1, 0.15) is 5.60 Å². The summed E-state index contributed by atoms with van der Waals surface area (Å²) in [7, 11) is 0. The lowest BCUT2D eigenvalue weighted by molar-refractivity contribution is -0.140. The molecule has 4 nitrogen and oxygen atoms in total. The van der Waals surface area contributed by atoms with Gasteiger partial charge in [-0.2, -0.15) is 0 Å². The zero-order chi connectivity index (χ0) is 14.8. The van der Waals surface area contributed by atoms with Crippen molar-refractivity contribution < 1.29 is 15.0 Å². The highest BCUT2D eigenvalue weighted by Crippen LogP contribution is 2.30. The third-order valence-electron chi connectivity index (χ3n) is 3.90. The number of aliphatic hydroxyl groups excluding tert-OH is 1. The van der Waals surface area contributed by atoms with Crippen LogP contribution >= 0.6 is 11.6 Å². The molecule has 1 aromatic carbocycles. The highest BCUT2D eigenvalue weighted by Gasteiger charge is 2.39. The van der Waals surface area contributed by atoms with Crippen LogP contribution in [0.5, 0.6) is 0 Å². The summed E-state index contributed by atoms with van der Waals surface area (Å²) >= 11 is 5.80. The van der Waals surface area contributed by atoms with Gasteiger partial charge in [0.2, 0.25) is 0 Å². The van der Waals surface area contributed by atoms with Crippen LogP contribution in [0.1, 0.15) is 44.3 Å². The molecule has 110 valence electrons. The van der Waals surface area contributed by atoms with E-state index in [1.165, 1.54) is 0 Å². The van der Waals surface area contributed by atoms with E-state index in [1.54, 1.807) is 31.2 Å². The van der Waals surface area contributed by atoms with Crippen molar-refractivity contribution in [3.63, 3.8) is 0 Å². The minimum Gasteiger partial charge on any atom is -0.386 e. The number of hydrogen-bond donors (Lipinski definition) is 3. The number of nitrogens with one attached hydrogen (secondary N) is 1. The molecule has 2 rings (SSSR count). The van der Waals surface area contributed by atoms with Gasteiger partial charge in [-0.05, 0) is 50.3 Å². The molecular formula is C15H20ClNO3. The first-order valence-electron chi connectivity index (χ1n) is 6.89. The van der Waals surface area contributed by atoms with E-state index in [1.807, 2.05) is 0 Å². The second kappa shape index (κ2) is 6.12. The molecule has 0 radical (unpaired) electrons. The highest BCUT2D eigenvalue weighted by atomic mass is 35.5. The second-order valence-electron chi connectivity index (χ2n) is 5.50. The molecule has 5 heteroatoms. The smallest absolute Gasteiger partial charge is 0.252 e. The van der Waals surface area contributed by atoms with E-state index in [0.717, 1.165) is 12.8 Å². The summed E-state index contributed by atoms with van der Waals surface area (Å²) in [5.41, 5.74) is -0.589. The fourth-order valence-corrected chi connectivity index (χ4v) is 2.68. The van der Waals surface area contributed by atoms with Gasteiger partial charge in [-0.15, -0.1) is 0 Å². The molecule has 1 aliphatic carbocycles. The molecule has 1 saturated carbocycles.